The van der Waals surface area contributed by atoms with Crippen LogP contribution in [-0.2, 0) is 6.54 Å². The quantitative estimate of drug-likeness (QED) is 0.669. The molecule has 0 radical (unpaired) electrons. The van der Waals surface area contributed by atoms with Crippen molar-refractivity contribution in [2.24, 2.45) is 5.10 Å². The summed E-state index contributed by atoms with van der Waals surface area (Å²) in [6.45, 7) is 0.664. The fourth-order valence-electron chi connectivity index (χ4n) is 1.58. The Balaban J connectivity index is 1.87. The summed E-state index contributed by atoms with van der Waals surface area (Å²) in [6, 6.07) is 15.4. The number of benzene rings is 2. The molecule has 3 nitrogen and oxygen atoms in total. The van der Waals surface area contributed by atoms with E-state index in [0.29, 0.717) is 6.54 Å². The van der Waals surface area contributed by atoms with Gasteiger partial charge in [-0.15, -0.1) is 0 Å². The summed E-state index contributed by atoms with van der Waals surface area (Å²) in [6.07, 6.45) is 1.76. The van der Waals surface area contributed by atoms with E-state index < -0.39 is 0 Å². The minimum absolute atomic E-state index is 0.664. The number of methoxy groups -OCH3 is 1. The lowest BCUT2D eigenvalue weighted by molar-refractivity contribution is 0.414. The standard InChI is InChI=1S/C15H15ClN2O/c1-19-15-4-2-3-13(9-15)11-18-17-10-12-5-7-14(16)8-6-12/h2-9,11,17H,10H2,1H3/b18-11-. The molecule has 0 unspecified atom stereocenters. The molecular formula is C15H15ClN2O. The predicted molar refractivity (Wildman–Crippen MR) is 78.9 cm³/mol. The van der Waals surface area contributed by atoms with Crippen LogP contribution in [0.1, 0.15) is 11.1 Å². The van der Waals surface area contributed by atoms with Crippen molar-refractivity contribution in [2.45, 2.75) is 6.54 Å². The highest BCUT2D eigenvalue weighted by Gasteiger charge is 1.93. The smallest absolute Gasteiger partial charge is 0.119 e. The largest absolute Gasteiger partial charge is 0.497 e. The van der Waals surface area contributed by atoms with Crippen LogP contribution in [0.15, 0.2) is 53.6 Å². The Hall–Kier alpha value is -2.00. The molecule has 0 aliphatic heterocycles. The second kappa shape index (κ2) is 6.81. The van der Waals surface area contributed by atoms with Crippen molar-refractivity contribution in [1.29, 1.82) is 0 Å². The van der Waals surface area contributed by atoms with E-state index in [1.807, 2.05) is 48.5 Å². The van der Waals surface area contributed by atoms with E-state index in [1.165, 1.54) is 0 Å². The molecule has 0 aliphatic rings. The maximum absolute atomic E-state index is 5.82. The molecule has 2 aromatic rings. The number of nitrogens with one attached hydrogen (secondary N) is 1. The lowest BCUT2D eigenvalue weighted by Gasteiger charge is -2.02. The molecule has 0 aromatic heterocycles. The molecule has 0 fully saturated rings. The first-order chi connectivity index (χ1) is 9.28. The van der Waals surface area contributed by atoms with Gasteiger partial charge in [0.1, 0.15) is 5.75 Å². The van der Waals surface area contributed by atoms with Gasteiger partial charge >= 0.3 is 0 Å². The zero-order valence-electron chi connectivity index (χ0n) is 10.6. The minimum Gasteiger partial charge on any atom is -0.497 e. The Bertz CT molecular complexity index is 552. The maximum atomic E-state index is 5.82. The highest BCUT2D eigenvalue weighted by atomic mass is 35.5. The molecule has 0 atom stereocenters. The third kappa shape index (κ3) is 4.30. The Morgan fingerprint density at radius 2 is 2.00 bits per heavy atom. The molecule has 0 spiro atoms. The first-order valence-corrected chi connectivity index (χ1v) is 6.30. The van der Waals surface area contributed by atoms with E-state index in [-0.39, 0.29) is 0 Å². The van der Waals surface area contributed by atoms with Crippen molar-refractivity contribution in [1.82, 2.24) is 5.43 Å². The minimum atomic E-state index is 0.664. The van der Waals surface area contributed by atoms with Gasteiger partial charge in [0.2, 0.25) is 0 Å². The number of nitrogens with zero attached hydrogens (tertiary/aromatic N) is 1. The van der Waals surface area contributed by atoms with Crippen LogP contribution in [0.25, 0.3) is 0 Å². The normalized spacial score (nSPS) is 10.6. The highest BCUT2D eigenvalue weighted by Crippen LogP contribution is 2.11. The molecule has 2 rings (SSSR count). The van der Waals surface area contributed by atoms with Crippen molar-refractivity contribution in [2.75, 3.05) is 7.11 Å². The summed E-state index contributed by atoms with van der Waals surface area (Å²) in [7, 11) is 1.65. The van der Waals surface area contributed by atoms with Crippen LogP contribution in [0.3, 0.4) is 0 Å². The predicted octanol–water partition coefficient (Wildman–Crippen LogP) is 3.47. The van der Waals surface area contributed by atoms with Gasteiger partial charge in [0.25, 0.3) is 0 Å². The van der Waals surface area contributed by atoms with E-state index in [2.05, 4.69) is 10.5 Å². The van der Waals surface area contributed by atoms with Crippen LogP contribution >= 0.6 is 11.6 Å². The van der Waals surface area contributed by atoms with E-state index >= 15 is 0 Å². The third-order valence-electron chi connectivity index (χ3n) is 2.60. The highest BCUT2D eigenvalue weighted by molar-refractivity contribution is 6.30. The number of rotatable bonds is 5. The van der Waals surface area contributed by atoms with Gasteiger partial charge in [0, 0.05) is 5.02 Å². The third-order valence-corrected chi connectivity index (χ3v) is 2.85. The van der Waals surface area contributed by atoms with Gasteiger partial charge in [-0.3, -0.25) is 0 Å². The Morgan fingerprint density at radius 1 is 1.21 bits per heavy atom. The van der Waals surface area contributed by atoms with Crippen LogP contribution in [0.4, 0.5) is 0 Å². The van der Waals surface area contributed by atoms with Gasteiger partial charge in [0.15, 0.2) is 0 Å². The van der Waals surface area contributed by atoms with Crippen molar-refractivity contribution >= 4 is 17.8 Å². The number of ether oxygens (including phenoxy) is 1. The fourth-order valence-corrected chi connectivity index (χ4v) is 1.71. The molecule has 0 saturated carbocycles. The molecule has 0 aliphatic carbocycles. The van der Waals surface area contributed by atoms with Crippen LogP contribution in [0, 0.1) is 0 Å². The Labute approximate surface area is 117 Å². The zero-order valence-corrected chi connectivity index (χ0v) is 11.4. The molecule has 0 bridgehead atoms. The Kier molecular flexibility index (Phi) is 4.81. The average Bonchev–Trinajstić information content (AvgIpc) is 2.46. The van der Waals surface area contributed by atoms with Crippen molar-refractivity contribution in [3.05, 3.63) is 64.7 Å². The van der Waals surface area contributed by atoms with Gasteiger partial charge in [-0.05, 0) is 35.4 Å². The second-order valence-corrected chi connectivity index (χ2v) is 4.43. The average molecular weight is 275 g/mol. The molecule has 98 valence electrons. The van der Waals surface area contributed by atoms with E-state index in [1.54, 1.807) is 13.3 Å². The summed E-state index contributed by atoms with van der Waals surface area (Å²) in [5.74, 6) is 0.821. The van der Waals surface area contributed by atoms with E-state index in [9.17, 15) is 0 Å². The van der Waals surface area contributed by atoms with Crippen LogP contribution in [0.5, 0.6) is 5.75 Å². The summed E-state index contributed by atoms with van der Waals surface area (Å²) in [5.41, 5.74) is 5.11. The van der Waals surface area contributed by atoms with Crippen LogP contribution < -0.4 is 10.2 Å². The van der Waals surface area contributed by atoms with Gasteiger partial charge in [-0.1, -0.05) is 35.9 Å². The topological polar surface area (TPSA) is 33.6 Å². The van der Waals surface area contributed by atoms with Crippen LogP contribution in [0.2, 0.25) is 5.02 Å². The van der Waals surface area contributed by atoms with Crippen molar-refractivity contribution in [3.63, 3.8) is 0 Å². The summed E-state index contributed by atoms with van der Waals surface area (Å²) in [4.78, 5) is 0. The zero-order chi connectivity index (χ0) is 13.5. The number of hydrazone groups is 1. The number of hydrogen-bond acceptors (Lipinski definition) is 3. The summed E-state index contributed by atoms with van der Waals surface area (Å²) < 4.78 is 5.15. The molecular weight excluding hydrogens is 260 g/mol. The lowest BCUT2D eigenvalue weighted by Crippen LogP contribution is -2.05. The first kappa shape index (κ1) is 13.4. The first-order valence-electron chi connectivity index (χ1n) is 5.92. The van der Waals surface area contributed by atoms with Gasteiger partial charge < -0.3 is 10.2 Å². The van der Waals surface area contributed by atoms with Gasteiger partial charge in [0.05, 0.1) is 19.9 Å². The monoisotopic (exact) mass is 274 g/mol. The van der Waals surface area contributed by atoms with Gasteiger partial charge in [-0.25, -0.2) is 0 Å². The Morgan fingerprint density at radius 3 is 2.74 bits per heavy atom. The molecule has 0 amide bonds. The maximum Gasteiger partial charge on any atom is 0.119 e. The fraction of sp³-hybridized carbons (Fsp3) is 0.133. The molecule has 19 heavy (non-hydrogen) atoms. The van der Waals surface area contributed by atoms with Crippen molar-refractivity contribution in [3.8, 4) is 5.75 Å². The number of halogens is 1. The molecule has 2 aromatic carbocycles. The lowest BCUT2D eigenvalue weighted by atomic mass is 10.2. The molecule has 0 heterocycles. The summed E-state index contributed by atoms with van der Waals surface area (Å²) in [5, 5.41) is 4.91. The van der Waals surface area contributed by atoms with E-state index in [0.717, 1.165) is 21.9 Å². The molecule has 0 saturated heterocycles. The SMILES string of the molecule is COc1cccc(/C=N\NCc2ccc(Cl)cc2)c1. The molecule has 1 N–H and O–H groups in total. The summed E-state index contributed by atoms with van der Waals surface area (Å²) >= 11 is 5.82. The van der Waals surface area contributed by atoms with E-state index in [4.69, 9.17) is 16.3 Å². The van der Waals surface area contributed by atoms with Gasteiger partial charge in [-0.2, -0.15) is 5.10 Å². The second-order valence-electron chi connectivity index (χ2n) is 4.00. The van der Waals surface area contributed by atoms with Crippen LogP contribution in [-0.4, -0.2) is 13.3 Å². The molecule has 4 heteroatoms. The van der Waals surface area contributed by atoms with Crippen molar-refractivity contribution < 1.29 is 4.74 Å². The number of hydrogen-bond donors (Lipinski definition) is 1.